The molecule has 4 atom stereocenters. The molecule has 2 saturated heterocycles. The minimum absolute atomic E-state index is 0.0167. The van der Waals surface area contributed by atoms with Gasteiger partial charge in [-0.25, -0.2) is 19.6 Å². The smallest absolute Gasteiger partial charge is 0.411 e. The zero-order valence-corrected chi connectivity index (χ0v) is 26.5. The van der Waals surface area contributed by atoms with E-state index < -0.39 is 6.10 Å². The van der Waals surface area contributed by atoms with Crippen LogP contribution in [0.3, 0.4) is 0 Å². The Bertz CT molecular complexity index is 1300. The highest BCUT2D eigenvalue weighted by molar-refractivity contribution is 5.71. The van der Waals surface area contributed by atoms with Gasteiger partial charge in [0.1, 0.15) is 6.61 Å². The van der Waals surface area contributed by atoms with Gasteiger partial charge in [0.2, 0.25) is 0 Å². The molecule has 3 aromatic rings. The Kier molecular flexibility index (Phi) is 11.0. The fourth-order valence-electron chi connectivity index (χ4n) is 5.29. The number of amides is 2. The highest BCUT2D eigenvalue weighted by atomic mass is 16.7. The molecule has 5 rings (SSSR count). The van der Waals surface area contributed by atoms with Crippen molar-refractivity contribution in [2.24, 2.45) is 7.05 Å². The summed E-state index contributed by atoms with van der Waals surface area (Å²) in [5, 5.41) is 0. The number of nitrogens with zero attached hydrogens (tertiary/aromatic N) is 6. The van der Waals surface area contributed by atoms with E-state index in [1.807, 2.05) is 110 Å². The fraction of sp³-hybridized carbons (Fsp3) is 0.548. The molecule has 2 aromatic heterocycles. The summed E-state index contributed by atoms with van der Waals surface area (Å²) in [4.78, 5) is 41.9. The van der Waals surface area contributed by atoms with Crippen molar-refractivity contribution >= 4 is 12.2 Å². The standard InChI is InChI=1S/C17H21N3O3.C12H19N3O2.C2H6/c1-12(2)20-13(3)15(23-17(20)21)16-18-9-10-19(16)22-11-14-7-5-4-6-8-14;1-7(2)15-9(4)10(17-12(15)16)11-13-8(3)6-14(11)5;1-2/h4-10,12-13,15H,11H2,1-3H3;6-7,9-10H,1-5H3;1-2H3/t13-,15-;9-,10-;/m00./s1. The molecule has 2 fully saturated rings. The van der Waals surface area contributed by atoms with Crippen LogP contribution in [0.2, 0.25) is 0 Å². The van der Waals surface area contributed by atoms with E-state index >= 15 is 0 Å². The number of carbonyl (C=O) groups excluding carboxylic acids is 2. The Labute approximate surface area is 249 Å². The topological polar surface area (TPSA) is 104 Å². The van der Waals surface area contributed by atoms with Crippen molar-refractivity contribution in [3.05, 3.63) is 71.8 Å². The summed E-state index contributed by atoms with van der Waals surface area (Å²) >= 11 is 0. The second-order valence-electron chi connectivity index (χ2n) is 10.8. The van der Waals surface area contributed by atoms with Crippen LogP contribution in [0.25, 0.3) is 0 Å². The molecule has 0 aliphatic carbocycles. The maximum atomic E-state index is 12.0. The summed E-state index contributed by atoms with van der Waals surface area (Å²) in [6.45, 7) is 18.2. The fourth-order valence-corrected chi connectivity index (χ4v) is 5.29. The van der Waals surface area contributed by atoms with Crippen LogP contribution in [-0.2, 0) is 23.1 Å². The Balaban J connectivity index is 0.000000227. The van der Waals surface area contributed by atoms with Crippen LogP contribution in [0, 0.1) is 6.92 Å². The van der Waals surface area contributed by atoms with Gasteiger partial charge in [-0.2, -0.15) is 4.73 Å². The lowest BCUT2D eigenvalue weighted by Gasteiger charge is -2.24. The largest absolute Gasteiger partial charge is 0.436 e. The minimum Gasteiger partial charge on any atom is -0.436 e. The summed E-state index contributed by atoms with van der Waals surface area (Å²) < 4.78 is 14.5. The number of aromatic nitrogens is 4. The van der Waals surface area contributed by atoms with Crippen LogP contribution in [0.15, 0.2) is 48.9 Å². The van der Waals surface area contributed by atoms with Gasteiger partial charge >= 0.3 is 12.2 Å². The van der Waals surface area contributed by atoms with Gasteiger partial charge in [-0.05, 0) is 54.0 Å². The summed E-state index contributed by atoms with van der Waals surface area (Å²) in [5.41, 5.74) is 2.00. The first-order chi connectivity index (χ1) is 20.0. The van der Waals surface area contributed by atoms with Crippen LogP contribution in [0.1, 0.15) is 90.5 Å². The summed E-state index contributed by atoms with van der Waals surface area (Å²) in [7, 11) is 1.92. The lowest BCUT2D eigenvalue weighted by Crippen LogP contribution is -2.38. The van der Waals surface area contributed by atoms with Gasteiger partial charge < -0.3 is 18.9 Å². The Hall–Kier alpha value is -4.02. The second kappa shape index (κ2) is 14.2. The summed E-state index contributed by atoms with van der Waals surface area (Å²) in [5.74, 6) is 1.41. The Morgan fingerprint density at radius 3 is 1.86 bits per heavy atom. The first-order valence-electron chi connectivity index (χ1n) is 14.7. The lowest BCUT2D eigenvalue weighted by atomic mass is 10.1. The summed E-state index contributed by atoms with van der Waals surface area (Å²) in [6, 6.07) is 10.0. The van der Waals surface area contributed by atoms with E-state index in [1.165, 1.54) is 0 Å². The number of ether oxygens (including phenoxy) is 2. The van der Waals surface area contributed by atoms with E-state index in [-0.39, 0.29) is 42.5 Å². The molecule has 230 valence electrons. The molecular weight excluding hydrogens is 536 g/mol. The van der Waals surface area contributed by atoms with Gasteiger partial charge in [-0.1, -0.05) is 44.2 Å². The normalized spacial score (nSPS) is 21.5. The van der Waals surface area contributed by atoms with Crippen LogP contribution in [0.5, 0.6) is 0 Å². The molecule has 0 spiro atoms. The maximum Gasteiger partial charge on any atom is 0.411 e. The number of hydrogen-bond donors (Lipinski definition) is 0. The molecule has 42 heavy (non-hydrogen) atoms. The van der Waals surface area contributed by atoms with Crippen molar-refractivity contribution in [3.63, 3.8) is 0 Å². The van der Waals surface area contributed by atoms with Crippen molar-refractivity contribution in [2.75, 3.05) is 0 Å². The third kappa shape index (κ3) is 7.06. The number of rotatable bonds is 7. The predicted molar refractivity (Wildman–Crippen MR) is 160 cm³/mol. The van der Waals surface area contributed by atoms with Gasteiger partial charge in [-0.3, -0.25) is 9.80 Å². The number of aryl methyl sites for hydroxylation is 2. The molecule has 4 heterocycles. The summed E-state index contributed by atoms with van der Waals surface area (Å²) in [6.07, 6.45) is 4.05. The van der Waals surface area contributed by atoms with Crippen LogP contribution in [-0.4, -0.2) is 65.4 Å². The van der Waals surface area contributed by atoms with Crippen molar-refractivity contribution < 1.29 is 23.9 Å². The van der Waals surface area contributed by atoms with Gasteiger partial charge in [0.15, 0.2) is 23.9 Å². The molecule has 0 N–H and O–H groups in total. The SMILES string of the molecule is CC.CC(C)N1C(=O)O[C@H](c2nccn2OCc2ccccc2)[C@@H]1C.Cc1cn(C)c([C@H]2OC(=O)N(C(C)C)[C@H]2C)n1. The highest BCUT2D eigenvalue weighted by Gasteiger charge is 2.44. The van der Waals surface area contributed by atoms with E-state index in [1.54, 1.807) is 26.9 Å². The first kappa shape index (κ1) is 32.5. The van der Waals surface area contributed by atoms with Crippen molar-refractivity contribution in [1.29, 1.82) is 0 Å². The van der Waals surface area contributed by atoms with E-state index in [9.17, 15) is 9.59 Å². The molecule has 0 unspecified atom stereocenters. The van der Waals surface area contributed by atoms with E-state index in [2.05, 4.69) is 9.97 Å². The number of imidazole rings is 2. The molecule has 0 saturated carbocycles. The maximum absolute atomic E-state index is 12.0. The Morgan fingerprint density at radius 1 is 0.881 bits per heavy atom. The zero-order valence-electron chi connectivity index (χ0n) is 26.5. The van der Waals surface area contributed by atoms with Crippen molar-refractivity contribution in [1.82, 2.24) is 29.1 Å². The van der Waals surface area contributed by atoms with Crippen LogP contribution in [0.4, 0.5) is 9.59 Å². The number of hydrogen-bond acceptors (Lipinski definition) is 7. The van der Waals surface area contributed by atoms with E-state index in [0.29, 0.717) is 12.4 Å². The average Bonchev–Trinajstić information content (AvgIpc) is 3.69. The first-order valence-corrected chi connectivity index (χ1v) is 14.7. The third-order valence-corrected chi connectivity index (χ3v) is 7.13. The zero-order chi connectivity index (χ0) is 31.1. The molecule has 2 aliphatic rings. The second-order valence-corrected chi connectivity index (χ2v) is 10.8. The third-order valence-electron chi connectivity index (χ3n) is 7.13. The van der Waals surface area contributed by atoms with Crippen LogP contribution < -0.4 is 4.84 Å². The Morgan fingerprint density at radius 2 is 1.40 bits per heavy atom. The predicted octanol–water partition coefficient (Wildman–Crippen LogP) is 5.85. The quantitative estimate of drug-likeness (QED) is 0.344. The van der Waals surface area contributed by atoms with Crippen LogP contribution >= 0.6 is 0 Å². The van der Waals surface area contributed by atoms with E-state index in [0.717, 1.165) is 17.1 Å². The number of carbonyl (C=O) groups is 2. The van der Waals surface area contributed by atoms with Gasteiger partial charge in [0, 0.05) is 31.5 Å². The highest BCUT2D eigenvalue weighted by Crippen LogP contribution is 2.33. The molecular formula is C31H46N6O5. The average molecular weight is 583 g/mol. The monoisotopic (exact) mass is 582 g/mol. The molecule has 0 radical (unpaired) electrons. The molecule has 11 heteroatoms. The van der Waals surface area contributed by atoms with Crippen molar-refractivity contribution in [2.45, 2.75) is 105 Å². The molecule has 2 aliphatic heterocycles. The van der Waals surface area contributed by atoms with Crippen molar-refractivity contribution in [3.8, 4) is 0 Å². The number of cyclic esters (lactones) is 2. The lowest BCUT2D eigenvalue weighted by molar-refractivity contribution is 0.0614. The van der Waals surface area contributed by atoms with Gasteiger partial charge in [0.25, 0.3) is 0 Å². The molecule has 1 aromatic carbocycles. The van der Waals surface area contributed by atoms with Gasteiger partial charge in [-0.15, -0.1) is 0 Å². The minimum atomic E-state index is -0.435. The molecule has 11 nitrogen and oxygen atoms in total. The number of benzene rings is 1. The van der Waals surface area contributed by atoms with Gasteiger partial charge in [0.05, 0.1) is 24.0 Å². The molecule has 2 amide bonds. The molecule has 0 bridgehead atoms. The van der Waals surface area contributed by atoms with E-state index in [4.69, 9.17) is 14.3 Å².